The summed E-state index contributed by atoms with van der Waals surface area (Å²) in [4.78, 5) is 2.41. The van der Waals surface area contributed by atoms with Gasteiger partial charge in [0.15, 0.2) is 0 Å². The Morgan fingerprint density at radius 1 is 1.20 bits per heavy atom. The highest BCUT2D eigenvalue weighted by Crippen LogP contribution is 2.43. The van der Waals surface area contributed by atoms with E-state index in [1.807, 2.05) is 0 Å². The molecule has 4 nitrogen and oxygen atoms in total. The number of nitrogens with zero attached hydrogens (tertiary/aromatic N) is 4. The normalized spacial score (nSPS) is 33.7. The molecule has 0 radical (unpaired) electrons. The standard InChI is InChI=1S/C16H23N4/c1-11-5-6-12(2)15-13(11)7-8-14(15)17-19-16-18(3)9-10-20(16,19)4/h5-6,16H,7-10H2,1-4H3/q+1. The van der Waals surface area contributed by atoms with Crippen molar-refractivity contribution in [1.29, 1.82) is 0 Å². The van der Waals surface area contributed by atoms with Crippen LogP contribution in [0.1, 0.15) is 28.7 Å². The van der Waals surface area contributed by atoms with Crippen molar-refractivity contribution < 1.29 is 4.59 Å². The first kappa shape index (κ1) is 12.4. The lowest BCUT2D eigenvalue weighted by Crippen LogP contribution is -2.27. The van der Waals surface area contributed by atoms with E-state index in [4.69, 9.17) is 5.10 Å². The molecule has 0 amide bonds. The summed E-state index contributed by atoms with van der Waals surface area (Å²) >= 11 is 0. The summed E-state index contributed by atoms with van der Waals surface area (Å²) in [7, 11) is 4.49. The van der Waals surface area contributed by atoms with Gasteiger partial charge in [-0.1, -0.05) is 17.3 Å². The summed E-state index contributed by atoms with van der Waals surface area (Å²) in [6, 6.07) is 4.48. The molecule has 2 atom stereocenters. The van der Waals surface area contributed by atoms with Crippen molar-refractivity contribution in [2.45, 2.75) is 33.0 Å². The predicted octanol–water partition coefficient (Wildman–Crippen LogP) is 1.86. The van der Waals surface area contributed by atoms with Gasteiger partial charge in [0.2, 0.25) is 0 Å². The number of hydrogen-bond donors (Lipinski definition) is 0. The van der Waals surface area contributed by atoms with Gasteiger partial charge < -0.3 is 0 Å². The van der Waals surface area contributed by atoms with Crippen molar-refractivity contribution in [2.24, 2.45) is 5.10 Å². The van der Waals surface area contributed by atoms with Gasteiger partial charge in [-0.25, -0.2) is 4.90 Å². The summed E-state index contributed by atoms with van der Waals surface area (Å²) in [5.74, 6) is 0. The van der Waals surface area contributed by atoms with Crippen LogP contribution < -0.4 is 0 Å². The molecule has 4 rings (SSSR count). The molecular weight excluding hydrogens is 248 g/mol. The zero-order valence-electron chi connectivity index (χ0n) is 12.8. The molecule has 0 saturated carbocycles. The Bertz CT molecular complexity index is 621. The van der Waals surface area contributed by atoms with Crippen LogP contribution in [0.25, 0.3) is 0 Å². The van der Waals surface area contributed by atoms with Gasteiger partial charge >= 0.3 is 6.29 Å². The van der Waals surface area contributed by atoms with Gasteiger partial charge in [-0.3, -0.25) is 0 Å². The molecule has 2 unspecified atom stereocenters. The molecule has 4 heteroatoms. The van der Waals surface area contributed by atoms with Crippen LogP contribution in [-0.2, 0) is 6.42 Å². The maximum Gasteiger partial charge on any atom is 0.309 e. The van der Waals surface area contributed by atoms with Crippen LogP contribution in [0.4, 0.5) is 0 Å². The van der Waals surface area contributed by atoms with Gasteiger partial charge in [-0.15, -0.1) is 5.10 Å². The molecule has 0 N–H and O–H groups in total. The second-order valence-electron chi connectivity index (χ2n) is 6.68. The van der Waals surface area contributed by atoms with Crippen LogP contribution in [0.3, 0.4) is 0 Å². The molecule has 0 bridgehead atoms. The van der Waals surface area contributed by atoms with E-state index in [-0.39, 0.29) is 0 Å². The Morgan fingerprint density at radius 3 is 2.65 bits per heavy atom. The maximum atomic E-state index is 5.02. The molecule has 3 aliphatic rings. The van der Waals surface area contributed by atoms with Crippen LogP contribution in [0, 0.1) is 13.8 Å². The lowest BCUT2D eigenvalue weighted by molar-refractivity contribution is -0.850. The number of benzene rings is 1. The SMILES string of the molecule is Cc1ccc(C)c2c1CCC2=NN1C2N(C)CC[N+]21C. The zero-order valence-corrected chi connectivity index (χ0v) is 12.8. The molecule has 2 fully saturated rings. The largest absolute Gasteiger partial charge is 0.309 e. The fourth-order valence-corrected chi connectivity index (χ4v) is 3.97. The van der Waals surface area contributed by atoms with Gasteiger partial charge in [-0.05, 0) is 50.4 Å². The first-order chi connectivity index (χ1) is 9.52. The van der Waals surface area contributed by atoms with Crippen molar-refractivity contribution in [3.8, 4) is 0 Å². The molecule has 106 valence electrons. The van der Waals surface area contributed by atoms with Crippen molar-refractivity contribution in [2.75, 3.05) is 27.2 Å². The van der Waals surface area contributed by atoms with Crippen molar-refractivity contribution in [3.63, 3.8) is 0 Å². The van der Waals surface area contributed by atoms with Gasteiger partial charge in [0, 0.05) is 5.56 Å². The molecule has 0 aromatic heterocycles. The van der Waals surface area contributed by atoms with E-state index in [9.17, 15) is 0 Å². The Kier molecular flexibility index (Phi) is 2.37. The third kappa shape index (κ3) is 1.46. The van der Waals surface area contributed by atoms with E-state index in [2.05, 4.69) is 50.1 Å². The Labute approximate surface area is 120 Å². The Morgan fingerprint density at radius 2 is 1.95 bits per heavy atom. The van der Waals surface area contributed by atoms with E-state index in [0.717, 1.165) is 17.4 Å². The van der Waals surface area contributed by atoms with Gasteiger partial charge in [0.25, 0.3) is 0 Å². The summed E-state index contributed by atoms with van der Waals surface area (Å²) in [5.41, 5.74) is 7.02. The zero-order chi connectivity index (χ0) is 14.1. The smallest absolute Gasteiger partial charge is 0.226 e. The van der Waals surface area contributed by atoms with Crippen LogP contribution in [0.15, 0.2) is 17.2 Å². The number of quaternary nitrogens is 1. The summed E-state index contributed by atoms with van der Waals surface area (Å²) in [6.07, 6.45) is 2.71. The maximum absolute atomic E-state index is 5.02. The van der Waals surface area contributed by atoms with Gasteiger partial charge in [-0.2, -0.15) is 4.59 Å². The molecule has 2 aliphatic heterocycles. The van der Waals surface area contributed by atoms with E-state index in [1.54, 1.807) is 0 Å². The first-order valence-corrected chi connectivity index (χ1v) is 7.54. The molecule has 2 heterocycles. The fourth-order valence-electron chi connectivity index (χ4n) is 3.97. The number of rotatable bonds is 1. The summed E-state index contributed by atoms with van der Waals surface area (Å²) < 4.78 is 0.972. The number of fused-ring (bicyclic) bond motifs is 2. The topological polar surface area (TPSA) is 18.6 Å². The second-order valence-corrected chi connectivity index (χ2v) is 6.68. The van der Waals surface area contributed by atoms with Gasteiger partial charge in [0.1, 0.15) is 6.54 Å². The second kappa shape index (κ2) is 3.83. The minimum absolute atomic E-state index is 0.469. The van der Waals surface area contributed by atoms with Crippen LogP contribution in [0.5, 0.6) is 0 Å². The third-order valence-electron chi connectivity index (χ3n) is 5.30. The van der Waals surface area contributed by atoms with E-state index < -0.39 is 0 Å². The average molecular weight is 271 g/mol. The van der Waals surface area contributed by atoms with Crippen LogP contribution in [-0.4, -0.2) is 53.8 Å². The summed E-state index contributed by atoms with van der Waals surface area (Å²) in [6.45, 7) is 6.79. The molecular formula is C16H23N4+. The van der Waals surface area contributed by atoms with E-state index in [0.29, 0.717) is 6.29 Å². The van der Waals surface area contributed by atoms with Crippen LogP contribution in [0.2, 0.25) is 0 Å². The Balaban J connectivity index is 1.71. The Hall–Kier alpha value is -1.39. The lowest BCUT2D eigenvalue weighted by atomic mass is 9.99. The molecule has 2 saturated heterocycles. The van der Waals surface area contributed by atoms with E-state index >= 15 is 0 Å². The highest BCUT2D eigenvalue weighted by molar-refractivity contribution is 6.05. The lowest BCUT2D eigenvalue weighted by Gasteiger charge is -2.10. The highest BCUT2D eigenvalue weighted by Gasteiger charge is 2.69. The molecule has 1 aromatic rings. The van der Waals surface area contributed by atoms with Gasteiger partial charge in [0.05, 0.1) is 19.3 Å². The molecule has 0 spiro atoms. The molecule has 1 aliphatic carbocycles. The minimum Gasteiger partial charge on any atom is -0.226 e. The van der Waals surface area contributed by atoms with Crippen LogP contribution >= 0.6 is 0 Å². The quantitative estimate of drug-likeness (QED) is 0.573. The number of hydrazone groups is 1. The van der Waals surface area contributed by atoms with E-state index in [1.165, 1.54) is 41.1 Å². The third-order valence-corrected chi connectivity index (χ3v) is 5.30. The average Bonchev–Trinajstić information content (AvgIpc) is 2.74. The first-order valence-electron chi connectivity index (χ1n) is 7.54. The number of aryl methyl sites for hydroxylation is 2. The van der Waals surface area contributed by atoms with Crippen molar-refractivity contribution in [3.05, 3.63) is 34.4 Å². The highest BCUT2D eigenvalue weighted by atomic mass is 16.1. The molecule has 20 heavy (non-hydrogen) atoms. The number of likely N-dealkylation sites (N-methyl/N-ethyl adjacent to an activating group) is 2. The fraction of sp³-hybridized carbons (Fsp3) is 0.562. The number of hydrogen-bond acceptors (Lipinski definition) is 3. The minimum atomic E-state index is 0.469. The monoisotopic (exact) mass is 271 g/mol. The summed E-state index contributed by atoms with van der Waals surface area (Å²) in [5, 5.41) is 7.29. The molecule has 1 aromatic carbocycles. The van der Waals surface area contributed by atoms with Crippen molar-refractivity contribution >= 4 is 5.71 Å². The predicted molar refractivity (Wildman–Crippen MR) is 80.1 cm³/mol. The van der Waals surface area contributed by atoms with Crippen molar-refractivity contribution in [1.82, 2.24) is 10.0 Å².